The van der Waals surface area contributed by atoms with E-state index in [4.69, 9.17) is 5.73 Å². The first kappa shape index (κ1) is 11.9. The van der Waals surface area contributed by atoms with Crippen LogP contribution in [-0.4, -0.2) is 55.0 Å². The molecule has 1 saturated heterocycles. The van der Waals surface area contributed by atoms with Gasteiger partial charge in [0.2, 0.25) is 5.91 Å². The van der Waals surface area contributed by atoms with Crippen LogP contribution < -0.4 is 5.73 Å². The number of likely N-dealkylation sites (N-methyl/N-ethyl adjacent to an activating group) is 1. The van der Waals surface area contributed by atoms with Gasteiger partial charge in [0.15, 0.2) is 0 Å². The Morgan fingerprint density at radius 3 is 2.25 bits per heavy atom. The quantitative estimate of drug-likeness (QED) is 0.750. The van der Waals surface area contributed by atoms with Gasteiger partial charge in [-0.05, 0) is 19.4 Å². The third-order valence-corrected chi connectivity index (χ3v) is 4.26. The van der Waals surface area contributed by atoms with Crippen molar-refractivity contribution in [1.29, 1.82) is 0 Å². The van der Waals surface area contributed by atoms with Gasteiger partial charge in [-0.3, -0.25) is 4.79 Å². The van der Waals surface area contributed by atoms with Crippen LogP contribution in [0, 0.1) is 5.41 Å². The van der Waals surface area contributed by atoms with E-state index < -0.39 is 0 Å². The standard InChI is InChI=1S/C12H23N3O/c1-2-14-6-8-15(9-7-14)11(16)12(10-13)4-3-5-12/h2-10,13H2,1H3. The molecular weight excluding hydrogens is 202 g/mol. The summed E-state index contributed by atoms with van der Waals surface area (Å²) in [5.74, 6) is 0.317. The van der Waals surface area contributed by atoms with Gasteiger partial charge in [-0.2, -0.15) is 0 Å². The second-order valence-electron chi connectivity index (χ2n) is 5.06. The number of amides is 1. The number of nitrogens with two attached hydrogens (primary N) is 1. The number of hydrogen-bond acceptors (Lipinski definition) is 3. The Bertz CT molecular complexity index is 249. The van der Waals surface area contributed by atoms with Gasteiger partial charge in [0.05, 0.1) is 5.41 Å². The molecular formula is C12H23N3O. The molecule has 0 spiro atoms. The van der Waals surface area contributed by atoms with Crippen LogP contribution in [0.15, 0.2) is 0 Å². The van der Waals surface area contributed by atoms with Crippen LogP contribution in [0.5, 0.6) is 0 Å². The molecule has 92 valence electrons. The van der Waals surface area contributed by atoms with Crippen LogP contribution in [0.4, 0.5) is 0 Å². The molecule has 4 heteroatoms. The Kier molecular flexibility index (Phi) is 3.50. The lowest BCUT2D eigenvalue weighted by molar-refractivity contribution is -0.148. The zero-order valence-corrected chi connectivity index (χ0v) is 10.2. The molecule has 1 aliphatic heterocycles. The van der Waals surface area contributed by atoms with E-state index in [1.807, 2.05) is 4.90 Å². The Morgan fingerprint density at radius 2 is 1.88 bits per heavy atom. The molecule has 2 aliphatic rings. The molecule has 2 fully saturated rings. The zero-order valence-electron chi connectivity index (χ0n) is 10.2. The maximum absolute atomic E-state index is 12.4. The molecule has 0 aromatic carbocycles. The molecule has 1 amide bonds. The van der Waals surface area contributed by atoms with E-state index in [1.54, 1.807) is 0 Å². The molecule has 1 saturated carbocycles. The summed E-state index contributed by atoms with van der Waals surface area (Å²) in [6, 6.07) is 0. The summed E-state index contributed by atoms with van der Waals surface area (Å²) in [7, 11) is 0. The molecule has 0 aromatic rings. The molecule has 1 heterocycles. The fraction of sp³-hybridized carbons (Fsp3) is 0.917. The zero-order chi connectivity index (χ0) is 11.6. The van der Waals surface area contributed by atoms with Crippen molar-refractivity contribution in [3.8, 4) is 0 Å². The minimum atomic E-state index is -0.186. The number of hydrogen-bond donors (Lipinski definition) is 1. The van der Waals surface area contributed by atoms with Crippen LogP contribution in [0.25, 0.3) is 0 Å². The normalized spacial score (nSPS) is 25.2. The fourth-order valence-electron chi connectivity index (χ4n) is 2.71. The first-order valence-corrected chi connectivity index (χ1v) is 6.43. The Balaban J connectivity index is 1.91. The molecule has 0 atom stereocenters. The minimum Gasteiger partial charge on any atom is -0.340 e. The third-order valence-electron chi connectivity index (χ3n) is 4.26. The summed E-state index contributed by atoms with van der Waals surface area (Å²) >= 11 is 0. The Labute approximate surface area is 97.8 Å². The largest absolute Gasteiger partial charge is 0.340 e. The first-order valence-electron chi connectivity index (χ1n) is 6.43. The molecule has 0 bridgehead atoms. The van der Waals surface area contributed by atoms with E-state index >= 15 is 0 Å². The Morgan fingerprint density at radius 1 is 1.25 bits per heavy atom. The molecule has 0 radical (unpaired) electrons. The predicted octanol–water partition coefficient (Wildman–Crippen LogP) is 0.280. The van der Waals surface area contributed by atoms with Gasteiger partial charge < -0.3 is 15.5 Å². The maximum atomic E-state index is 12.4. The summed E-state index contributed by atoms with van der Waals surface area (Å²) in [5.41, 5.74) is 5.59. The van der Waals surface area contributed by atoms with Crippen LogP contribution >= 0.6 is 0 Å². The smallest absolute Gasteiger partial charge is 0.230 e. The molecule has 4 nitrogen and oxygen atoms in total. The number of nitrogens with zero attached hydrogens (tertiary/aromatic N) is 2. The van der Waals surface area contributed by atoms with Crippen LogP contribution in [-0.2, 0) is 4.79 Å². The number of carbonyl (C=O) groups is 1. The van der Waals surface area contributed by atoms with Gasteiger partial charge in [0.1, 0.15) is 0 Å². The summed E-state index contributed by atoms with van der Waals surface area (Å²) in [6.07, 6.45) is 3.16. The van der Waals surface area contributed by atoms with Gasteiger partial charge in [0, 0.05) is 32.7 Å². The summed E-state index contributed by atoms with van der Waals surface area (Å²) < 4.78 is 0. The lowest BCUT2D eigenvalue weighted by atomic mass is 9.67. The van der Waals surface area contributed by atoms with Crippen molar-refractivity contribution >= 4 is 5.91 Å². The lowest BCUT2D eigenvalue weighted by Gasteiger charge is -2.45. The molecule has 0 unspecified atom stereocenters. The molecule has 0 aromatic heterocycles. The van der Waals surface area contributed by atoms with E-state index in [1.165, 1.54) is 0 Å². The van der Waals surface area contributed by atoms with Crippen molar-refractivity contribution in [2.75, 3.05) is 39.3 Å². The average molecular weight is 225 g/mol. The Hall–Kier alpha value is -0.610. The second kappa shape index (κ2) is 4.72. The van der Waals surface area contributed by atoms with Crippen molar-refractivity contribution in [1.82, 2.24) is 9.80 Å². The van der Waals surface area contributed by atoms with Crippen LogP contribution in [0.2, 0.25) is 0 Å². The van der Waals surface area contributed by atoms with Crippen molar-refractivity contribution in [3.05, 3.63) is 0 Å². The second-order valence-corrected chi connectivity index (χ2v) is 5.06. The summed E-state index contributed by atoms with van der Waals surface area (Å²) in [6.45, 7) is 7.59. The average Bonchev–Trinajstić information content (AvgIpc) is 2.28. The van der Waals surface area contributed by atoms with Crippen molar-refractivity contribution in [3.63, 3.8) is 0 Å². The summed E-state index contributed by atoms with van der Waals surface area (Å²) in [4.78, 5) is 16.8. The van der Waals surface area contributed by atoms with Crippen LogP contribution in [0.3, 0.4) is 0 Å². The van der Waals surface area contributed by atoms with Gasteiger partial charge in [-0.1, -0.05) is 13.3 Å². The van der Waals surface area contributed by atoms with E-state index in [0.717, 1.165) is 52.0 Å². The van der Waals surface area contributed by atoms with E-state index in [9.17, 15) is 4.79 Å². The molecule has 2 N–H and O–H groups in total. The summed E-state index contributed by atoms with van der Waals surface area (Å²) in [5, 5.41) is 0. The number of rotatable bonds is 3. The minimum absolute atomic E-state index is 0.186. The van der Waals surface area contributed by atoms with Gasteiger partial charge >= 0.3 is 0 Å². The van der Waals surface area contributed by atoms with Gasteiger partial charge in [0.25, 0.3) is 0 Å². The highest BCUT2D eigenvalue weighted by molar-refractivity contribution is 5.84. The number of carbonyl (C=O) groups excluding carboxylic acids is 1. The predicted molar refractivity (Wildman–Crippen MR) is 64.0 cm³/mol. The molecule has 1 aliphatic carbocycles. The van der Waals surface area contributed by atoms with Crippen LogP contribution in [0.1, 0.15) is 26.2 Å². The highest BCUT2D eigenvalue weighted by atomic mass is 16.2. The highest BCUT2D eigenvalue weighted by Gasteiger charge is 2.45. The van der Waals surface area contributed by atoms with E-state index in [-0.39, 0.29) is 5.41 Å². The monoisotopic (exact) mass is 225 g/mol. The first-order chi connectivity index (χ1) is 7.72. The highest BCUT2D eigenvalue weighted by Crippen LogP contribution is 2.41. The lowest BCUT2D eigenvalue weighted by Crippen LogP contribution is -2.57. The van der Waals surface area contributed by atoms with Crippen molar-refractivity contribution < 1.29 is 4.79 Å². The maximum Gasteiger partial charge on any atom is 0.230 e. The van der Waals surface area contributed by atoms with Crippen molar-refractivity contribution in [2.24, 2.45) is 11.1 Å². The molecule has 2 rings (SSSR count). The van der Waals surface area contributed by atoms with Gasteiger partial charge in [-0.15, -0.1) is 0 Å². The fourth-order valence-corrected chi connectivity index (χ4v) is 2.71. The third kappa shape index (κ3) is 1.96. The van der Waals surface area contributed by atoms with Crippen molar-refractivity contribution in [2.45, 2.75) is 26.2 Å². The van der Waals surface area contributed by atoms with Gasteiger partial charge in [-0.25, -0.2) is 0 Å². The van der Waals surface area contributed by atoms with E-state index in [0.29, 0.717) is 12.5 Å². The number of piperazine rings is 1. The topological polar surface area (TPSA) is 49.6 Å². The van der Waals surface area contributed by atoms with E-state index in [2.05, 4.69) is 11.8 Å². The molecule has 16 heavy (non-hydrogen) atoms. The SMILES string of the molecule is CCN1CCN(C(=O)C2(CN)CCC2)CC1.